The molecule has 3 aliphatic heterocycles. The van der Waals surface area contributed by atoms with Crippen LogP contribution < -0.4 is 16.0 Å². The minimum atomic E-state index is -1.18. The van der Waals surface area contributed by atoms with E-state index in [0.717, 1.165) is 47.9 Å². The van der Waals surface area contributed by atoms with E-state index in [1.165, 1.54) is 0 Å². The topological polar surface area (TPSA) is 157 Å². The van der Waals surface area contributed by atoms with Crippen LogP contribution in [0.1, 0.15) is 95.6 Å². The number of hydrogen-bond donors (Lipinski definition) is 2. The Balaban J connectivity index is 1.14. The van der Waals surface area contributed by atoms with Crippen molar-refractivity contribution in [3.63, 3.8) is 0 Å². The molecule has 0 aromatic heterocycles. The molecule has 59 heavy (non-hydrogen) atoms. The summed E-state index contributed by atoms with van der Waals surface area (Å²) in [6.07, 6.45) is 0.810. The molecule has 2 amide bonds. The summed E-state index contributed by atoms with van der Waals surface area (Å²) in [4.78, 5) is 55.6. The molecule has 0 aliphatic carbocycles. The standard InChI is InChI=1S/C45H60N6O8/c1-44(2,3)57-42(53)49-23-13-19-35(28-49)47-41(48-36-20-14-24-50(29-36)43(54)58-45(4,5)6)51-26-33-21-22-37(25-34(33)27-51)55-30-38(59-46)40(52)56-39(31-15-9-7-10-16-31)32-17-11-8-12-18-32/h7-12,15-18,21-22,25,35-36,38-39H,13-14,19-20,23-24,26-30,46H2,1-6H3,(H,47,48)/t35-,36-,38+/m1/s1. The van der Waals surface area contributed by atoms with Crippen molar-refractivity contribution in [2.75, 3.05) is 32.8 Å². The van der Waals surface area contributed by atoms with E-state index in [1.54, 1.807) is 9.80 Å². The Kier molecular flexibility index (Phi) is 14.0. The van der Waals surface area contributed by atoms with Crippen molar-refractivity contribution in [1.82, 2.24) is 20.0 Å². The molecule has 3 heterocycles. The van der Waals surface area contributed by atoms with Crippen molar-refractivity contribution >= 4 is 24.1 Å². The molecule has 0 bridgehead atoms. The highest BCUT2D eigenvalue weighted by Gasteiger charge is 2.33. The van der Waals surface area contributed by atoms with Gasteiger partial charge in [0, 0.05) is 45.3 Å². The van der Waals surface area contributed by atoms with E-state index in [4.69, 9.17) is 34.7 Å². The van der Waals surface area contributed by atoms with Gasteiger partial charge < -0.3 is 39.0 Å². The average molecular weight is 813 g/mol. The minimum absolute atomic E-state index is 0.0560. The number of rotatable bonds is 10. The SMILES string of the molecule is CC(C)(C)OC(=O)N1CCC[C@@H](N=C(N[C@@H]2CCCN(C(=O)OC(C)(C)C)C2)N2Cc3ccc(OC[C@H](ON)C(=O)OC(c4ccccc4)c4ccccc4)cc3C2)C1. The molecule has 3 aromatic rings. The summed E-state index contributed by atoms with van der Waals surface area (Å²) in [6.45, 7) is 14.3. The number of nitrogens with two attached hydrogens (primary N) is 1. The Morgan fingerprint density at radius 3 is 1.93 bits per heavy atom. The molecule has 0 saturated carbocycles. The summed E-state index contributed by atoms with van der Waals surface area (Å²) in [6, 6.07) is 24.6. The van der Waals surface area contributed by atoms with Gasteiger partial charge in [-0.15, -0.1) is 0 Å². The lowest BCUT2D eigenvalue weighted by atomic mass is 10.0. The van der Waals surface area contributed by atoms with Gasteiger partial charge in [-0.3, -0.25) is 4.84 Å². The number of carbonyl (C=O) groups is 3. The highest BCUT2D eigenvalue weighted by Crippen LogP contribution is 2.30. The van der Waals surface area contributed by atoms with Crippen LogP contribution in [0.15, 0.2) is 83.9 Å². The molecule has 6 rings (SSSR count). The summed E-state index contributed by atoms with van der Waals surface area (Å²) in [7, 11) is 0. The van der Waals surface area contributed by atoms with Gasteiger partial charge in [0.25, 0.3) is 0 Å². The summed E-state index contributed by atoms with van der Waals surface area (Å²) in [5, 5.41) is 3.70. The Hall–Kier alpha value is -5.34. The van der Waals surface area contributed by atoms with Gasteiger partial charge in [-0.2, -0.15) is 0 Å². The number of likely N-dealkylation sites (tertiary alicyclic amines) is 2. The molecule has 0 radical (unpaired) electrons. The van der Waals surface area contributed by atoms with Gasteiger partial charge in [0.15, 0.2) is 12.1 Å². The van der Waals surface area contributed by atoms with E-state index in [0.29, 0.717) is 51.0 Å². The van der Waals surface area contributed by atoms with Gasteiger partial charge in [-0.25, -0.2) is 25.3 Å². The third kappa shape index (κ3) is 12.3. The third-order valence-electron chi connectivity index (χ3n) is 10.2. The first-order valence-corrected chi connectivity index (χ1v) is 20.6. The maximum absolute atomic E-state index is 13.4. The highest BCUT2D eigenvalue weighted by atomic mass is 16.7. The Labute approximate surface area is 347 Å². The Bertz CT molecular complexity index is 1880. The molecule has 3 N–H and O–H groups in total. The molecule has 3 atom stereocenters. The van der Waals surface area contributed by atoms with Crippen LogP contribution in [0.4, 0.5) is 9.59 Å². The number of carbonyl (C=O) groups excluding carboxylic acids is 3. The van der Waals surface area contributed by atoms with Crippen LogP contribution in [0.2, 0.25) is 0 Å². The molecule has 0 spiro atoms. The number of guanidine groups is 1. The maximum Gasteiger partial charge on any atom is 0.410 e. The zero-order chi connectivity index (χ0) is 42.2. The highest BCUT2D eigenvalue weighted by molar-refractivity contribution is 5.81. The van der Waals surface area contributed by atoms with E-state index >= 15 is 0 Å². The van der Waals surface area contributed by atoms with Crippen LogP contribution in [0.25, 0.3) is 0 Å². The second kappa shape index (κ2) is 19.2. The first kappa shape index (κ1) is 43.2. The Morgan fingerprint density at radius 1 is 0.763 bits per heavy atom. The number of aliphatic imine (C=N–C) groups is 1. The average Bonchev–Trinajstić information content (AvgIpc) is 3.63. The lowest BCUT2D eigenvalue weighted by molar-refractivity contribution is -0.163. The molecule has 0 unspecified atom stereocenters. The molecule has 318 valence electrons. The summed E-state index contributed by atoms with van der Waals surface area (Å²) >= 11 is 0. The number of piperidine rings is 2. The lowest BCUT2D eigenvalue weighted by Gasteiger charge is -2.37. The van der Waals surface area contributed by atoms with Crippen LogP contribution in [0.5, 0.6) is 5.75 Å². The van der Waals surface area contributed by atoms with Gasteiger partial charge >= 0.3 is 18.2 Å². The number of fused-ring (bicyclic) bond motifs is 1. The fourth-order valence-electron chi connectivity index (χ4n) is 7.43. The van der Waals surface area contributed by atoms with E-state index < -0.39 is 29.4 Å². The smallest absolute Gasteiger partial charge is 0.410 e. The van der Waals surface area contributed by atoms with Crippen LogP contribution in [0.3, 0.4) is 0 Å². The summed E-state index contributed by atoms with van der Waals surface area (Å²) < 4.78 is 23.5. The van der Waals surface area contributed by atoms with E-state index in [9.17, 15) is 14.4 Å². The van der Waals surface area contributed by atoms with Crippen molar-refractivity contribution in [2.24, 2.45) is 10.9 Å². The lowest BCUT2D eigenvalue weighted by Crippen LogP contribution is -2.54. The van der Waals surface area contributed by atoms with Crippen molar-refractivity contribution in [3.8, 4) is 5.75 Å². The monoisotopic (exact) mass is 812 g/mol. The molecule has 3 aromatic carbocycles. The van der Waals surface area contributed by atoms with Gasteiger partial charge in [-0.1, -0.05) is 66.7 Å². The predicted molar refractivity (Wildman–Crippen MR) is 223 cm³/mol. The van der Waals surface area contributed by atoms with Crippen LogP contribution in [-0.4, -0.2) is 101 Å². The maximum atomic E-state index is 13.4. The number of ether oxygens (including phenoxy) is 4. The van der Waals surface area contributed by atoms with Crippen molar-refractivity contribution in [2.45, 2.75) is 116 Å². The van der Waals surface area contributed by atoms with Gasteiger partial charge in [0.05, 0.1) is 6.04 Å². The normalized spacial score (nSPS) is 19.2. The van der Waals surface area contributed by atoms with Gasteiger partial charge in [0.1, 0.15) is 23.6 Å². The van der Waals surface area contributed by atoms with Gasteiger partial charge in [-0.05, 0) is 102 Å². The number of nitrogens with one attached hydrogen (secondary N) is 1. The third-order valence-corrected chi connectivity index (χ3v) is 10.2. The first-order valence-electron chi connectivity index (χ1n) is 20.6. The molecule has 2 saturated heterocycles. The quantitative estimate of drug-likeness (QED) is 0.0737. The number of benzene rings is 3. The summed E-state index contributed by atoms with van der Waals surface area (Å²) in [5.41, 5.74) is 2.58. The Morgan fingerprint density at radius 2 is 1.34 bits per heavy atom. The van der Waals surface area contributed by atoms with Crippen molar-refractivity contribution in [3.05, 3.63) is 101 Å². The van der Waals surface area contributed by atoms with Crippen LogP contribution in [0, 0.1) is 0 Å². The molecule has 14 heteroatoms. The molecule has 2 fully saturated rings. The number of nitrogens with zero attached hydrogens (tertiary/aromatic N) is 4. The predicted octanol–water partition coefficient (Wildman–Crippen LogP) is 6.72. The largest absolute Gasteiger partial charge is 0.490 e. The molecule has 14 nitrogen and oxygen atoms in total. The minimum Gasteiger partial charge on any atom is -0.490 e. The fourth-order valence-corrected chi connectivity index (χ4v) is 7.43. The van der Waals surface area contributed by atoms with E-state index in [1.807, 2.05) is 120 Å². The first-order chi connectivity index (χ1) is 28.1. The molecular formula is C45H60N6O8. The fraction of sp³-hybridized carbons (Fsp3) is 0.511. The van der Waals surface area contributed by atoms with Gasteiger partial charge in [0.2, 0.25) is 6.10 Å². The zero-order valence-corrected chi connectivity index (χ0v) is 35.2. The second-order valence-corrected chi connectivity index (χ2v) is 17.4. The van der Waals surface area contributed by atoms with Crippen LogP contribution >= 0.6 is 0 Å². The molecular weight excluding hydrogens is 753 g/mol. The van der Waals surface area contributed by atoms with E-state index in [2.05, 4.69) is 10.2 Å². The van der Waals surface area contributed by atoms with E-state index in [-0.39, 0.29) is 30.9 Å². The van der Waals surface area contributed by atoms with Crippen molar-refractivity contribution in [1.29, 1.82) is 0 Å². The van der Waals surface area contributed by atoms with Crippen molar-refractivity contribution < 1.29 is 38.2 Å². The second-order valence-electron chi connectivity index (χ2n) is 17.4. The number of hydrogen-bond acceptors (Lipinski definition) is 10. The summed E-state index contributed by atoms with van der Waals surface area (Å²) in [5.74, 6) is 6.24. The molecule has 3 aliphatic rings. The number of esters is 1. The van der Waals surface area contributed by atoms with Crippen LogP contribution in [-0.2, 0) is 36.9 Å². The zero-order valence-electron chi connectivity index (χ0n) is 35.2. The number of amides is 2.